The average molecular weight is 300 g/mol. The Morgan fingerprint density at radius 3 is 2.41 bits per heavy atom. The smallest absolute Gasteiger partial charge is 0.328 e. The molecule has 0 bridgehead atoms. The van der Waals surface area contributed by atoms with E-state index in [9.17, 15) is 9.59 Å². The summed E-state index contributed by atoms with van der Waals surface area (Å²) in [6.45, 7) is 4.75. The lowest BCUT2D eigenvalue weighted by molar-refractivity contribution is -0.143. The Kier molecular flexibility index (Phi) is 3.93. The number of aliphatic carboxylic acids is 1. The van der Waals surface area contributed by atoms with Crippen molar-refractivity contribution in [3.8, 4) is 0 Å². The molecule has 1 aromatic rings. The molecule has 0 unspecified atom stereocenters. The Hall–Kier alpha value is -1.36. The maximum Gasteiger partial charge on any atom is 0.328 e. The second kappa shape index (κ2) is 4.87. The van der Waals surface area contributed by atoms with Crippen LogP contribution in [0, 0.1) is 6.92 Å². The van der Waals surface area contributed by atoms with Crippen molar-refractivity contribution in [3.05, 3.63) is 33.8 Å². The summed E-state index contributed by atoms with van der Waals surface area (Å²) < 4.78 is 0.909. The van der Waals surface area contributed by atoms with Crippen LogP contribution in [0.2, 0.25) is 0 Å². The third kappa shape index (κ3) is 3.30. The molecule has 1 rings (SSSR count). The molecule has 1 aromatic carbocycles. The van der Waals surface area contributed by atoms with Crippen molar-refractivity contribution in [2.75, 3.05) is 0 Å². The molecule has 0 aromatic heterocycles. The summed E-state index contributed by atoms with van der Waals surface area (Å²) in [7, 11) is 0. The number of halogens is 1. The lowest BCUT2D eigenvalue weighted by Crippen LogP contribution is -2.49. The molecule has 5 heteroatoms. The van der Waals surface area contributed by atoms with E-state index in [-0.39, 0.29) is 0 Å². The van der Waals surface area contributed by atoms with Crippen molar-refractivity contribution in [3.63, 3.8) is 0 Å². The number of benzene rings is 1. The van der Waals surface area contributed by atoms with E-state index in [1.165, 1.54) is 13.8 Å². The van der Waals surface area contributed by atoms with Crippen LogP contribution in [0.5, 0.6) is 0 Å². The number of rotatable bonds is 3. The topological polar surface area (TPSA) is 66.4 Å². The molecule has 0 aliphatic heterocycles. The third-order valence-electron chi connectivity index (χ3n) is 2.38. The normalized spacial score (nSPS) is 11.1. The maximum atomic E-state index is 11.8. The fourth-order valence-electron chi connectivity index (χ4n) is 1.20. The molecule has 0 saturated heterocycles. The fraction of sp³-hybridized carbons (Fsp3) is 0.333. The van der Waals surface area contributed by atoms with Crippen molar-refractivity contribution in [2.45, 2.75) is 26.3 Å². The van der Waals surface area contributed by atoms with E-state index >= 15 is 0 Å². The van der Waals surface area contributed by atoms with Crippen LogP contribution in [0.3, 0.4) is 0 Å². The number of carbonyl (C=O) groups is 2. The average Bonchev–Trinajstić information content (AvgIpc) is 2.21. The van der Waals surface area contributed by atoms with E-state index in [4.69, 9.17) is 5.11 Å². The first-order chi connectivity index (χ1) is 7.74. The number of carbonyl (C=O) groups excluding carboxylic acids is 1. The number of amides is 1. The molecule has 1 amide bonds. The van der Waals surface area contributed by atoms with Gasteiger partial charge in [0.1, 0.15) is 5.54 Å². The van der Waals surface area contributed by atoms with Gasteiger partial charge in [-0.05, 0) is 44.5 Å². The number of hydrogen-bond acceptors (Lipinski definition) is 2. The minimum atomic E-state index is -1.28. The zero-order valence-electron chi connectivity index (χ0n) is 9.87. The van der Waals surface area contributed by atoms with Gasteiger partial charge in [-0.3, -0.25) is 4.79 Å². The highest BCUT2D eigenvalue weighted by Gasteiger charge is 2.29. The lowest BCUT2D eigenvalue weighted by Gasteiger charge is -2.21. The Morgan fingerprint density at radius 2 is 1.94 bits per heavy atom. The molecule has 4 nitrogen and oxygen atoms in total. The fourth-order valence-corrected chi connectivity index (χ4v) is 1.44. The second-order valence-corrected chi connectivity index (χ2v) is 5.20. The molecule has 0 saturated carbocycles. The highest BCUT2D eigenvalue weighted by molar-refractivity contribution is 9.10. The molecule has 0 radical (unpaired) electrons. The van der Waals surface area contributed by atoms with E-state index in [1.54, 1.807) is 18.2 Å². The zero-order chi connectivity index (χ0) is 13.2. The Bertz CT molecular complexity index is 469. The minimum Gasteiger partial charge on any atom is -0.480 e. The molecule has 0 atom stereocenters. The summed E-state index contributed by atoms with van der Waals surface area (Å²) in [5.74, 6) is -1.47. The number of hydrogen-bond donors (Lipinski definition) is 2. The van der Waals surface area contributed by atoms with Gasteiger partial charge in [-0.15, -0.1) is 0 Å². The molecule has 92 valence electrons. The third-order valence-corrected chi connectivity index (χ3v) is 3.27. The number of nitrogens with one attached hydrogen (secondary N) is 1. The van der Waals surface area contributed by atoms with Gasteiger partial charge in [-0.1, -0.05) is 15.9 Å². The predicted octanol–water partition coefficient (Wildman–Crippen LogP) is 2.35. The summed E-state index contributed by atoms with van der Waals surface area (Å²) in [5, 5.41) is 11.4. The second-order valence-electron chi connectivity index (χ2n) is 4.35. The van der Waals surface area contributed by atoms with Gasteiger partial charge in [0.2, 0.25) is 0 Å². The Labute approximate surface area is 108 Å². The van der Waals surface area contributed by atoms with Crippen LogP contribution >= 0.6 is 15.9 Å². The zero-order valence-corrected chi connectivity index (χ0v) is 11.5. The summed E-state index contributed by atoms with van der Waals surface area (Å²) in [5.41, 5.74) is 0.0868. The molecule has 0 spiro atoms. The molecule has 0 fully saturated rings. The molecule has 0 aliphatic carbocycles. The standard InChI is InChI=1S/C12H14BrNO3/c1-7-6-8(4-5-9(7)13)10(15)14-12(2,3)11(16)17/h4-6H,1-3H3,(H,14,15)(H,16,17). The van der Waals surface area contributed by atoms with Crippen molar-refractivity contribution in [1.82, 2.24) is 5.32 Å². The monoisotopic (exact) mass is 299 g/mol. The highest BCUT2D eigenvalue weighted by atomic mass is 79.9. The summed E-state index contributed by atoms with van der Waals surface area (Å²) >= 11 is 3.34. The van der Waals surface area contributed by atoms with Crippen LogP contribution in [0.15, 0.2) is 22.7 Å². The van der Waals surface area contributed by atoms with Crippen molar-refractivity contribution in [1.29, 1.82) is 0 Å². The van der Waals surface area contributed by atoms with Crippen molar-refractivity contribution >= 4 is 27.8 Å². The minimum absolute atomic E-state index is 0.395. The molecule has 2 N–H and O–H groups in total. The molecule has 17 heavy (non-hydrogen) atoms. The van der Waals surface area contributed by atoms with Crippen LogP contribution < -0.4 is 5.32 Å². The van der Waals surface area contributed by atoms with Crippen molar-refractivity contribution < 1.29 is 14.7 Å². The van der Waals surface area contributed by atoms with Crippen molar-refractivity contribution in [2.24, 2.45) is 0 Å². The number of carboxylic acids is 1. The van der Waals surface area contributed by atoms with Crippen LogP contribution in [0.25, 0.3) is 0 Å². The molecular formula is C12H14BrNO3. The van der Waals surface area contributed by atoms with Gasteiger partial charge < -0.3 is 10.4 Å². The summed E-state index contributed by atoms with van der Waals surface area (Å²) in [4.78, 5) is 22.7. The largest absolute Gasteiger partial charge is 0.480 e. The van der Waals surface area contributed by atoms with Crippen LogP contribution in [0.1, 0.15) is 29.8 Å². The van der Waals surface area contributed by atoms with Gasteiger partial charge in [0.15, 0.2) is 0 Å². The van der Waals surface area contributed by atoms with Gasteiger partial charge in [-0.2, -0.15) is 0 Å². The Morgan fingerprint density at radius 1 is 1.35 bits per heavy atom. The first kappa shape index (κ1) is 13.7. The van der Waals surface area contributed by atoms with Crippen LogP contribution in [-0.2, 0) is 4.79 Å². The number of aryl methyl sites for hydroxylation is 1. The van der Waals surface area contributed by atoms with Crippen LogP contribution in [0.4, 0.5) is 0 Å². The van der Waals surface area contributed by atoms with Crippen LogP contribution in [-0.4, -0.2) is 22.5 Å². The predicted molar refractivity (Wildman–Crippen MR) is 68.1 cm³/mol. The summed E-state index contributed by atoms with van der Waals surface area (Å²) in [6.07, 6.45) is 0. The number of carboxylic acid groups (broad SMARTS) is 1. The Balaban J connectivity index is 2.91. The van der Waals surface area contributed by atoms with E-state index in [2.05, 4.69) is 21.2 Å². The first-order valence-corrected chi connectivity index (χ1v) is 5.85. The highest BCUT2D eigenvalue weighted by Crippen LogP contribution is 2.17. The van der Waals surface area contributed by atoms with Gasteiger partial charge in [0, 0.05) is 10.0 Å². The van der Waals surface area contributed by atoms with Gasteiger partial charge in [0.05, 0.1) is 0 Å². The van der Waals surface area contributed by atoms with E-state index in [0.717, 1.165) is 10.0 Å². The van der Waals surface area contributed by atoms with Gasteiger partial charge in [-0.25, -0.2) is 4.79 Å². The molecule has 0 heterocycles. The van der Waals surface area contributed by atoms with E-state index in [1.807, 2.05) is 6.92 Å². The molecule has 0 aliphatic rings. The van der Waals surface area contributed by atoms with Gasteiger partial charge in [0.25, 0.3) is 5.91 Å². The lowest BCUT2D eigenvalue weighted by atomic mass is 10.0. The summed E-state index contributed by atoms with van der Waals surface area (Å²) in [6, 6.07) is 5.11. The SMILES string of the molecule is Cc1cc(C(=O)NC(C)(C)C(=O)O)ccc1Br. The van der Waals surface area contributed by atoms with Gasteiger partial charge >= 0.3 is 5.97 Å². The quantitative estimate of drug-likeness (QED) is 0.900. The maximum absolute atomic E-state index is 11.8. The van der Waals surface area contributed by atoms with E-state index in [0.29, 0.717) is 5.56 Å². The van der Waals surface area contributed by atoms with E-state index < -0.39 is 17.4 Å². The molecular weight excluding hydrogens is 286 g/mol. The first-order valence-electron chi connectivity index (χ1n) is 5.06.